The van der Waals surface area contributed by atoms with Crippen LogP contribution in [0.1, 0.15) is 68.9 Å². The molecule has 1 saturated carbocycles. The van der Waals surface area contributed by atoms with E-state index in [2.05, 4.69) is 14.6 Å². The molecule has 38 heavy (non-hydrogen) atoms. The summed E-state index contributed by atoms with van der Waals surface area (Å²) in [5, 5.41) is 3.08. The third kappa shape index (κ3) is 10.5. The van der Waals surface area contributed by atoms with Crippen LogP contribution in [0, 0.1) is 5.82 Å². The molecular formula is C27H35F4NO4PS+. The monoisotopic (exact) mass is 576 g/mol. The molecular weight excluding hydrogens is 541 g/mol. The van der Waals surface area contributed by atoms with Crippen molar-refractivity contribution >= 4 is 20.0 Å². The molecule has 0 amide bonds. The van der Waals surface area contributed by atoms with Gasteiger partial charge in [0, 0.05) is 16.0 Å². The van der Waals surface area contributed by atoms with E-state index in [0.29, 0.717) is 35.7 Å². The Bertz CT molecular complexity index is 1020. The lowest BCUT2D eigenvalue weighted by Crippen LogP contribution is -2.29. The van der Waals surface area contributed by atoms with Gasteiger partial charge in [-0.05, 0) is 85.2 Å². The highest BCUT2D eigenvalue weighted by Gasteiger charge is 2.34. The van der Waals surface area contributed by atoms with Gasteiger partial charge in [-0.3, -0.25) is 0 Å². The van der Waals surface area contributed by atoms with Gasteiger partial charge in [0.25, 0.3) is 0 Å². The number of nitrogens with one attached hydrogen (secondary N) is 1. The van der Waals surface area contributed by atoms with Gasteiger partial charge in [-0.15, -0.1) is 34.4 Å². The minimum absolute atomic E-state index is 0.0532. The molecule has 0 saturated heterocycles. The molecule has 0 bridgehead atoms. The Labute approximate surface area is 226 Å². The minimum Gasteiger partial charge on any atom is -0.405 e. The van der Waals surface area contributed by atoms with Crippen molar-refractivity contribution in [2.45, 2.75) is 81.0 Å². The SMILES string of the molecule is O=[P+](O)OCCCNCc1ccc(SCCCCC2(c3ccc(F)cc3)CCCCC2)c(OC(F)(F)F)c1. The van der Waals surface area contributed by atoms with E-state index in [-0.39, 0.29) is 23.6 Å². The normalized spacial score (nSPS) is 15.9. The molecule has 0 heterocycles. The van der Waals surface area contributed by atoms with Gasteiger partial charge >= 0.3 is 14.6 Å². The molecule has 11 heteroatoms. The summed E-state index contributed by atoms with van der Waals surface area (Å²) in [6.07, 6.45) is 4.17. The first-order valence-electron chi connectivity index (χ1n) is 12.9. The highest BCUT2D eigenvalue weighted by molar-refractivity contribution is 7.99. The predicted molar refractivity (Wildman–Crippen MR) is 141 cm³/mol. The van der Waals surface area contributed by atoms with Crippen LogP contribution in [0.3, 0.4) is 0 Å². The Morgan fingerprint density at radius 1 is 1.03 bits per heavy atom. The summed E-state index contributed by atoms with van der Waals surface area (Å²) in [4.78, 5) is 9.04. The van der Waals surface area contributed by atoms with Crippen molar-refractivity contribution < 1.29 is 36.3 Å². The van der Waals surface area contributed by atoms with Crippen LogP contribution < -0.4 is 10.1 Å². The molecule has 1 aliphatic carbocycles. The molecule has 1 aliphatic rings. The first-order chi connectivity index (χ1) is 18.2. The number of unbranched alkanes of at least 4 members (excludes halogenated alkanes) is 1. The number of hydrogen-bond donors (Lipinski definition) is 2. The van der Waals surface area contributed by atoms with E-state index in [1.807, 2.05) is 12.1 Å². The third-order valence-corrected chi connectivity index (χ3v) is 8.38. The summed E-state index contributed by atoms with van der Waals surface area (Å²) in [6.45, 7) is 0.923. The maximum absolute atomic E-state index is 13.5. The van der Waals surface area contributed by atoms with Crippen LogP contribution in [0.4, 0.5) is 17.6 Å². The summed E-state index contributed by atoms with van der Waals surface area (Å²) in [7, 11) is -2.63. The molecule has 2 aromatic carbocycles. The topological polar surface area (TPSA) is 67.8 Å². The van der Waals surface area contributed by atoms with Gasteiger partial charge in [0.2, 0.25) is 0 Å². The molecule has 0 spiro atoms. The fourth-order valence-electron chi connectivity index (χ4n) is 5.02. The van der Waals surface area contributed by atoms with E-state index in [1.54, 1.807) is 12.1 Å². The summed E-state index contributed by atoms with van der Waals surface area (Å²) in [6, 6.07) is 11.7. The van der Waals surface area contributed by atoms with Crippen molar-refractivity contribution in [2.24, 2.45) is 0 Å². The van der Waals surface area contributed by atoms with Gasteiger partial charge in [-0.25, -0.2) is 4.39 Å². The number of benzene rings is 2. The number of alkyl halides is 3. The zero-order valence-corrected chi connectivity index (χ0v) is 23.0. The maximum atomic E-state index is 13.5. The van der Waals surface area contributed by atoms with E-state index < -0.39 is 14.6 Å². The predicted octanol–water partition coefficient (Wildman–Crippen LogP) is 8.03. The Kier molecular flexibility index (Phi) is 12.3. The number of thioether (sulfide) groups is 1. The average molecular weight is 577 g/mol. The molecule has 3 rings (SSSR count). The first-order valence-corrected chi connectivity index (χ1v) is 15.1. The largest absolute Gasteiger partial charge is 0.694 e. The first kappa shape index (κ1) is 30.8. The molecule has 1 unspecified atom stereocenters. The molecule has 0 aromatic heterocycles. The van der Waals surface area contributed by atoms with E-state index in [0.717, 1.165) is 44.9 Å². The Morgan fingerprint density at radius 3 is 2.45 bits per heavy atom. The second kappa shape index (κ2) is 15.2. The van der Waals surface area contributed by atoms with Crippen molar-refractivity contribution in [1.29, 1.82) is 0 Å². The van der Waals surface area contributed by atoms with Gasteiger partial charge in [-0.1, -0.05) is 43.9 Å². The number of hydrogen-bond acceptors (Lipinski definition) is 5. The van der Waals surface area contributed by atoms with Gasteiger partial charge in [-0.2, -0.15) is 0 Å². The van der Waals surface area contributed by atoms with Gasteiger partial charge < -0.3 is 10.1 Å². The van der Waals surface area contributed by atoms with Gasteiger partial charge in [0.15, 0.2) is 0 Å². The minimum atomic E-state index is -4.79. The van der Waals surface area contributed by atoms with Crippen LogP contribution in [0.25, 0.3) is 0 Å². The average Bonchev–Trinajstić information content (AvgIpc) is 2.87. The summed E-state index contributed by atoms with van der Waals surface area (Å²) < 4.78 is 72.0. The fraction of sp³-hybridized carbons (Fsp3) is 0.556. The van der Waals surface area contributed by atoms with Crippen LogP contribution in [0.15, 0.2) is 47.4 Å². The molecule has 210 valence electrons. The van der Waals surface area contributed by atoms with Crippen molar-refractivity contribution in [3.8, 4) is 5.75 Å². The van der Waals surface area contributed by atoms with Crippen molar-refractivity contribution in [2.75, 3.05) is 18.9 Å². The standard InChI is InChI=1S/C27H34F4NO4PS/c28-23-10-8-22(9-11-23)26(13-2-1-3-14-26)15-4-5-18-38-25-12-7-21(19-24(25)36-27(29,30)31)20-32-16-6-17-35-37(33)34/h7-12,19,32H,1-6,13-18,20H2/p+1. The van der Waals surface area contributed by atoms with Crippen molar-refractivity contribution in [1.82, 2.24) is 5.32 Å². The highest BCUT2D eigenvalue weighted by atomic mass is 32.2. The summed E-state index contributed by atoms with van der Waals surface area (Å²) in [5.41, 5.74) is 1.88. The van der Waals surface area contributed by atoms with Gasteiger partial charge in [0.1, 0.15) is 18.2 Å². The molecule has 2 aromatic rings. The lowest BCUT2D eigenvalue weighted by molar-refractivity contribution is -0.275. The number of halogens is 4. The Morgan fingerprint density at radius 2 is 1.76 bits per heavy atom. The molecule has 1 atom stereocenters. The molecule has 1 fully saturated rings. The van der Waals surface area contributed by atoms with Crippen LogP contribution >= 0.6 is 20.0 Å². The third-order valence-electron chi connectivity index (χ3n) is 6.84. The van der Waals surface area contributed by atoms with Gasteiger partial charge in [0.05, 0.1) is 0 Å². The molecule has 0 radical (unpaired) electrons. The lowest BCUT2D eigenvalue weighted by atomic mass is 9.67. The van der Waals surface area contributed by atoms with Crippen LogP contribution in [-0.4, -0.2) is 30.2 Å². The molecule has 0 aliphatic heterocycles. The second-order valence-corrected chi connectivity index (χ2v) is 11.5. The molecule has 5 nitrogen and oxygen atoms in total. The van der Waals surface area contributed by atoms with E-state index in [1.165, 1.54) is 41.9 Å². The Balaban J connectivity index is 1.52. The van der Waals surface area contributed by atoms with Crippen molar-refractivity contribution in [3.05, 3.63) is 59.4 Å². The maximum Gasteiger partial charge on any atom is 0.694 e. The quantitative estimate of drug-likeness (QED) is 0.0968. The summed E-state index contributed by atoms with van der Waals surface area (Å²) >= 11 is 1.35. The highest BCUT2D eigenvalue weighted by Crippen LogP contribution is 2.43. The smallest absolute Gasteiger partial charge is 0.405 e. The van der Waals surface area contributed by atoms with Crippen molar-refractivity contribution in [3.63, 3.8) is 0 Å². The fourth-order valence-corrected chi connectivity index (χ4v) is 6.28. The zero-order valence-electron chi connectivity index (χ0n) is 21.3. The molecule has 2 N–H and O–H groups in total. The summed E-state index contributed by atoms with van der Waals surface area (Å²) in [5.74, 6) is 0.220. The lowest BCUT2D eigenvalue weighted by Gasteiger charge is -2.38. The van der Waals surface area contributed by atoms with E-state index in [9.17, 15) is 22.1 Å². The van der Waals surface area contributed by atoms with E-state index >= 15 is 0 Å². The van der Waals surface area contributed by atoms with Crippen LogP contribution in [-0.2, 0) is 21.0 Å². The van der Waals surface area contributed by atoms with Crippen LogP contribution in [0.2, 0.25) is 0 Å². The zero-order chi connectivity index (χ0) is 27.4. The van der Waals surface area contributed by atoms with E-state index in [4.69, 9.17) is 4.89 Å². The number of rotatable bonds is 15. The second-order valence-electron chi connectivity index (χ2n) is 9.58. The van der Waals surface area contributed by atoms with Crippen LogP contribution in [0.5, 0.6) is 5.75 Å². The Hall–Kier alpha value is -1.71. The number of ether oxygens (including phenoxy) is 1.